The predicted molar refractivity (Wildman–Crippen MR) is 134 cm³/mol. The Labute approximate surface area is 203 Å². The van der Waals surface area contributed by atoms with Crippen LogP contribution in [-0.2, 0) is 14.6 Å². The van der Waals surface area contributed by atoms with E-state index >= 15 is 0 Å². The van der Waals surface area contributed by atoms with E-state index in [9.17, 15) is 13.2 Å². The first-order valence-electron chi connectivity index (χ1n) is 10.8. The van der Waals surface area contributed by atoms with E-state index in [0.717, 1.165) is 22.5 Å². The lowest BCUT2D eigenvalue weighted by atomic mass is 10.1. The van der Waals surface area contributed by atoms with Gasteiger partial charge in [0.1, 0.15) is 0 Å². The van der Waals surface area contributed by atoms with Gasteiger partial charge in [-0.3, -0.25) is 9.36 Å². The van der Waals surface area contributed by atoms with Gasteiger partial charge in [-0.25, -0.2) is 13.4 Å². The van der Waals surface area contributed by atoms with E-state index in [1.165, 1.54) is 11.8 Å². The maximum absolute atomic E-state index is 13.0. The van der Waals surface area contributed by atoms with Gasteiger partial charge in [0.2, 0.25) is 5.91 Å². The molecule has 1 aliphatic rings. The quantitative estimate of drug-likeness (QED) is 0.439. The van der Waals surface area contributed by atoms with Crippen molar-refractivity contribution < 1.29 is 13.2 Å². The molecule has 0 radical (unpaired) electrons. The number of nitrogens with zero attached hydrogens (tertiary/aromatic N) is 3. The Bertz CT molecular complexity index is 1260. The number of amides is 1. The third-order valence-electron chi connectivity index (χ3n) is 5.86. The monoisotopic (exact) mass is 503 g/mol. The SMILES string of the molecule is CCN(C(=O)CSc1ncc(-c2ccc(Cl)cc2)n1-c1ccccc1C)[C@@H]1CCS(=O)(=O)C1. The average Bonchev–Trinajstić information content (AvgIpc) is 3.36. The van der Waals surface area contributed by atoms with Crippen LogP contribution in [-0.4, -0.2) is 58.6 Å². The maximum atomic E-state index is 13.0. The largest absolute Gasteiger partial charge is 0.338 e. The third-order valence-corrected chi connectivity index (χ3v) is 8.80. The van der Waals surface area contributed by atoms with Crippen molar-refractivity contribution in [3.8, 4) is 16.9 Å². The van der Waals surface area contributed by atoms with Crippen LogP contribution in [0.15, 0.2) is 59.9 Å². The second-order valence-corrected chi connectivity index (χ2v) is 11.7. The highest BCUT2D eigenvalue weighted by Crippen LogP contribution is 2.32. The van der Waals surface area contributed by atoms with Gasteiger partial charge in [0.25, 0.3) is 0 Å². The Hall–Kier alpha value is -2.29. The Morgan fingerprint density at radius 1 is 1.21 bits per heavy atom. The molecular weight excluding hydrogens is 478 g/mol. The van der Waals surface area contributed by atoms with Crippen molar-refractivity contribution in [2.75, 3.05) is 23.8 Å². The number of hydrogen-bond acceptors (Lipinski definition) is 5. The number of sulfone groups is 1. The highest BCUT2D eigenvalue weighted by Gasteiger charge is 2.34. The minimum absolute atomic E-state index is 0.0514. The second-order valence-electron chi connectivity index (χ2n) is 8.08. The first kappa shape index (κ1) is 23.9. The van der Waals surface area contributed by atoms with Gasteiger partial charge in [0, 0.05) is 23.2 Å². The lowest BCUT2D eigenvalue weighted by molar-refractivity contribution is -0.129. The molecule has 1 amide bonds. The van der Waals surface area contributed by atoms with E-state index in [1.54, 1.807) is 4.90 Å². The number of thioether (sulfide) groups is 1. The molecule has 0 bridgehead atoms. The van der Waals surface area contributed by atoms with E-state index in [0.29, 0.717) is 23.1 Å². The zero-order valence-electron chi connectivity index (χ0n) is 18.6. The normalized spacial score (nSPS) is 17.2. The van der Waals surface area contributed by atoms with Gasteiger partial charge in [0.05, 0.1) is 34.8 Å². The van der Waals surface area contributed by atoms with Crippen LogP contribution in [0.1, 0.15) is 18.9 Å². The topological polar surface area (TPSA) is 72.3 Å². The molecule has 3 aromatic rings. The van der Waals surface area contributed by atoms with Crippen LogP contribution < -0.4 is 0 Å². The van der Waals surface area contributed by atoms with Gasteiger partial charge in [-0.1, -0.05) is 53.7 Å². The standard InChI is InChI=1S/C24H26ClN3O3S2/c1-3-27(20-12-13-33(30,31)16-20)23(29)15-32-24-26-14-22(18-8-10-19(25)11-9-18)28(24)21-7-5-4-6-17(21)2/h4-11,14,20H,3,12-13,15-16H2,1-2H3/t20-/m1/s1. The fourth-order valence-electron chi connectivity index (χ4n) is 4.18. The molecule has 2 heterocycles. The molecule has 1 atom stereocenters. The predicted octanol–water partition coefficient (Wildman–Crippen LogP) is 4.63. The van der Waals surface area contributed by atoms with E-state index in [-0.39, 0.29) is 29.2 Å². The summed E-state index contributed by atoms with van der Waals surface area (Å²) in [6, 6.07) is 15.4. The molecule has 2 aromatic carbocycles. The molecule has 9 heteroatoms. The van der Waals surface area contributed by atoms with E-state index < -0.39 is 9.84 Å². The molecule has 6 nitrogen and oxygen atoms in total. The summed E-state index contributed by atoms with van der Waals surface area (Å²) in [5.41, 5.74) is 3.96. The van der Waals surface area contributed by atoms with Crippen LogP contribution in [0.5, 0.6) is 0 Å². The Balaban J connectivity index is 1.62. The van der Waals surface area contributed by atoms with Gasteiger partial charge in [0.15, 0.2) is 15.0 Å². The molecule has 33 heavy (non-hydrogen) atoms. The number of aromatic nitrogens is 2. The zero-order valence-corrected chi connectivity index (χ0v) is 21.0. The Morgan fingerprint density at radius 2 is 1.94 bits per heavy atom. The van der Waals surface area contributed by atoms with Crippen molar-refractivity contribution >= 4 is 39.1 Å². The summed E-state index contributed by atoms with van der Waals surface area (Å²) in [5, 5.41) is 1.37. The molecule has 174 valence electrons. The highest BCUT2D eigenvalue weighted by molar-refractivity contribution is 7.99. The van der Waals surface area contributed by atoms with Crippen LogP contribution >= 0.6 is 23.4 Å². The van der Waals surface area contributed by atoms with Crippen LogP contribution in [0.3, 0.4) is 0 Å². The molecule has 1 aliphatic heterocycles. The molecule has 1 aromatic heterocycles. The van der Waals surface area contributed by atoms with Gasteiger partial charge >= 0.3 is 0 Å². The fourth-order valence-corrected chi connectivity index (χ4v) is 6.90. The molecule has 1 fully saturated rings. The number of aryl methyl sites for hydroxylation is 1. The molecule has 1 saturated heterocycles. The average molecular weight is 504 g/mol. The lowest BCUT2D eigenvalue weighted by Crippen LogP contribution is -2.42. The second kappa shape index (κ2) is 9.91. The van der Waals surface area contributed by atoms with Crippen molar-refractivity contribution in [3.63, 3.8) is 0 Å². The molecular formula is C24H26ClN3O3S2. The summed E-state index contributed by atoms with van der Waals surface area (Å²) in [6.45, 7) is 4.42. The van der Waals surface area contributed by atoms with Crippen LogP contribution in [0.4, 0.5) is 0 Å². The van der Waals surface area contributed by atoms with E-state index in [2.05, 4.69) is 9.55 Å². The molecule has 0 saturated carbocycles. The molecule has 0 spiro atoms. The number of para-hydroxylation sites is 1. The summed E-state index contributed by atoms with van der Waals surface area (Å²) in [7, 11) is -3.06. The number of carbonyl (C=O) groups excluding carboxylic acids is 1. The first-order valence-corrected chi connectivity index (χ1v) is 14.0. The highest BCUT2D eigenvalue weighted by atomic mass is 35.5. The molecule has 0 aliphatic carbocycles. The Kier molecular flexibility index (Phi) is 7.16. The molecule has 0 unspecified atom stereocenters. The van der Waals surface area contributed by atoms with Crippen molar-refractivity contribution in [2.45, 2.75) is 31.5 Å². The number of halogens is 1. The fraction of sp³-hybridized carbons (Fsp3) is 0.333. The minimum Gasteiger partial charge on any atom is -0.338 e. The summed E-state index contributed by atoms with van der Waals surface area (Å²) in [5.74, 6) is 0.317. The summed E-state index contributed by atoms with van der Waals surface area (Å²) < 4.78 is 25.8. The van der Waals surface area contributed by atoms with Crippen molar-refractivity contribution in [2.24, 2.45) is 0 Å². The van der Waals surface area contributed by atoms with Gasteiger partial charge in [-0.05, 0) is 44.0 Å². The summed E-state index contributed by atoms with van der Waals surface area (Å²) in [4.78, 5) is 19.4. The lowest BCUT2D eigenvalue weighted by Gasteiger charge is -2.26. The van der Waals surface area contributed by atoms with E-state index in [1.807, 2.05) is 68.6 Å². The summed E-state index contributed by atoms with van der Waals surface area (Å²) in [6.07, 6.45) is 2.31. The van der Waals surface area contributed by atoms with Gasteiger partial charge in [-0.2, -0.15) is 0 Å². The Morgan fingerprint density at radius 3 is 2.58 bits per heavy atom. The van der Waals surface area contributed by atoms with Gasteiger partial charge < -0.3 is 4.90 Å². The van der Waals surface area contributed by atoms with Crippen LogP contribution in [0.25, 0.3) is 16.9 Å². The number of hydrogen-bond donors (Lipinski definition) is 0. The smallest absolute Gasteiger partial charge is 0.233 e. The van der Waals surface area contributed by atoms with Gasteiger partial charge in [-0.15, -0.1) is 0 Å². The molecule has 4 rings (SSSR count). The number of benzene rings is 2. The minimum atomic E-state index is -3.06. The molecule has 0 N–H and O–H groups in total. The van der Waals surface area contributed by atoms with E-state index in [4.69, 9.17) is 11.6 Å². The first-order chi connectivity index (χ1) is 15.8. The number of rotatable bonds is 7. The van der Waals surface area contributed by atoms with Crippen LogP contribution in [0.2, 0.25) is 5.02 Å². The number of imidazole rings is 1. The summed E-state index contributed by atoms with van der Waals surface area (Å²) >= 11 is 7.44. The zero-order chi connectivity index (χ0) is 23.6. The van der Waals surface area contributed by atoms with Crippen molar-refractivity contribution in [3.05, 3.63) is 65.3 Å². The third kappa shape index (κ3) is 5.28. The van der Waals surface area contributed by atoms with Crippen LogP contribution in [0, 0.1) is 6.92 Å². The van der Waals surface area contributed by atoms with Crippen molar-refractivity contribution in [1.29, 1.82) is 0 Å². The van der Waals surface area contributed by atoms with Crippen molar-refractivity contribution in [1.82, 2.24) is 14.5 Å². The number of carbonyl (C=O) groups is 1. The maximum Gasteiger partial charge on any atom is 0.233 e.